The van der Waals surface area contributed by atoms with Crippen molar-refractivity contribution in [2.24, 2.45) is 0 Å². The van der Waals surface area contributed by atoms with Crippen LogP contribution in [0.2, 0.25) is 0 Å². The summed E-state index contributed by atoms with van der Waals surface area (Å²) in [6.07, 6.45) is 7.58. The highest BCUT2D eigenvalue weighted by molar-refractivity contribution is 5.85. The first-order chi connectivity index (χ1) is 9.33. The minimum absolute atomic E-state index is 0.191. The number of aromatic nitrogens is 3. The fourth-order valence-corrected chi connectivity index (χ4v) is 2.41. The Labute approximate surface area is 111 Å². The van der Waals surface area contributed by atoms with Crippen molar-refractivity contribution in [3.63, 3.8) is 0 Å². The predicted molar refractivity (Wildman–Crippen MR) is 67.6 cm³/mol. The third-order valence-electron chi connectivity index (χ3n) is 3.42. The molecular weight excluding hydrogens is 242 g/mol. The van der Waals surface area contributed by atoms with Crippen molar-refractivity contribution >= 4 is 5.78 Å². The molecular formula is C14H15N3O2. The van der Waals surface area contributed by atoms with Crippen molar-refractivity contribution in [3.05, 3.63) is 41.8 Å². The molecule has 1 aliphatic rings. The van der Waals surface area contributed by atoms with Crippen LogP contribution in [0.25, 0.3) is 0 Å². The van der Waals surface area contributed by atoms with Gasteiger partial charge in [0.1, 0.15) is 5.78 Å². The molecule has 1 unspecified atom stereocenters. The maximum atomic E-state index is 11.8. The predicted octanol–water partition coefficient (Wildman–Crippen LogP) is 2.28. The number of hydrogen-bond donors (Lipinski definition) is 0. The second kappa shape index (κ2) is 5.30. The van der Waals surface area contributed by atoms with Gasteiger partial charge in [-0.15, -0.1) is 0 Å². The highest BCUT2D eigenvalue weighted by Crippen LogP contribution is 2.28. The van der Waals surface area contributed by atoms with Gasteiger partial charge in [0.05, 0.1) is 5.92 Å². The average molecular weight is 257 g/mol. The first kappa shape index (κ1) is 12.0. The molecule has 0 spiro atoms. The summed E-state index contributed by atoms with van der Waals surface area (Å²) < 4.78 is 5.24. The van der Waals surface area contributed by atoms with Gasteiger partial charge >= 0.3 is 0 Å². The Morgan fingerprint density at radius 3 is 3.11 bits per heavy atom. The van der Waals surface area contributed by atoms with Crippen LogP contribution in [0.4, 0.5) is 0 Å². The van der Waals surface area contributed by atoms with Gasteiger partial charge in [0.2, 0.25) is 5.89 Å². The SMILES string of the molecule is O=C1CCCCC1c1nc(Cc2cccnc2)no1. The summed E-state index contributed by atoms with van der Waals surface area (Å²) in [4.78, 5) is 20.2. The Hall–Kier alpha value is -2.04. The van der Waals surface area contributed by atoms with Gasteiger partial charge in [-0.3, -0.25) is 9.78 Å². The molecule has 0 bridgehead atoms. The van der Waals surface area contributed by atoms with Gasteiger partial charge in [-0.2, -0.15) is 4.98 Å². The lowest BCUT2D eigenvalue weighted by Crippen LogP contribution is -2.17. The molecule has 0 aliphatic heterocycles. The number of carbonyl (C=O) groups is 1. The first-order valence-corrected chi connectivity index (χ1v) is 6.57. The molecule has 3 rings (SSSR count). The summed E-state index contributed by atoms with van der Waals surface area (Å²) in [5.74, 6) is 1.12. The Morgan fingerprint density at radius 1 is 1.37 bits per heavy atom. The van der Waals surface area contributed by atoms with E-state index in [-0.39, 0.29) is 11.7 Å². The van der Waals surface area contributed by atoms with E-state index in [1.54, 1.807) is 12.4 Å². The molecule has 5 heteroatoms. The molecule has 1 aliphatic carbocycles. The summed E-state index contributed by atoms with van der Waals surface area (Å²) in [6, 6.07) is 3.84. The summed E-state index contributed by atoms with van der Waals surface area (Å²) in [5, 5.41) is 3.96. The zero-order valence-electron chi connectivity index (χ0n) is 10.6. The number of rotatable bonds is 3. The number of pyridine rings is 1. The van der Waals surface area contributed by atoms with Crippen LogP contribution in [0, 0.1) is 0 Å². The Kier molecular flexibility index (Phi) is 3.35. The van der Waals surface area contributed by atoms with Crippen molar-refractivity contribution in [3.8, 4) is 0 Å². The van der Waals surface area contributed by atoms with Gasteiger partial charge in [0, 0.05) is 25.2 Å². The lowest BCUT2D eigenvalue weighted by atomic mass is 9.88. The van der Waals surface area contributed by atoms with E-state index < -0.39 is 0 Å². The van der Waals surface area contributed by atoms with Gasteiger partial charge in [0.25, 0.3) is 0 Å². The second-order valence-electron chi connectivity index (χ2n) is 4.85. The van der Waals surface area contributed by atoms with Crippen LogP contribution in [-0.2, 0) is 11.2 Å². The minimum atomic E-state index is -0.191. The summed E-state index contributed by atoms with van der Waals surface area (Å²) >= 11 is 0. The number of hydrogen-bond acceptors (Lipinski definition) is 5. The van der Waals surface area contributed by atoms with Crippen LogP contribution in [-0.4, -0.2) is 20.9 Å². The van der Waals surface area contributed by atoms with Crippen LogP contribution < -0.4 is 0 Å². The lowest BCUT2D eigenvalue weighted by molar-refractivity contribution is -0.122. The third-order valence-corrected chi connectivity index (χ3v) is 3.42. The second-order valence-corrected chi connectivity index (χ2v) is 4.85. The third kappa shape index (κ3) is 2.70. The van der Waals surface area contributed by atoms with Crippen LogP contribution >= 0.6 is 0 Å². The summed E-state index contributed by atoms with van der Waals surface area (Å²) in [6.45, 7) is 0. The number of nitrogens with zero attached hydrogens (tertiary/aromatic N) is 3. The molecule has 1 atom stereocenters. The van der Waals surface area contributed by atoms with Gasteiger partial charge in [-0.25, -0.2) is 0 Å². The molecule has 0 saturated heterocycles. The topological polar surface area (TPSA) is 68.9 Å². The zero-order chi connectivity index (χ0) is 13.1. The van der Waals surface area contributed by atoms with Crippen LogP contribution in [0.1, 0.15) is 48.9 Å². The normalized spacial score (nSPS) is 19.6. The van der Waals surface area contributed by atoms with E-state index in [0.29, 0.717) is 24.6 Å². The zero-order valence-corrected chi connectivity index (χ0v) is 10.6. The van der Waals surface area contributed by atoms with Crippen molar-refractivity contribution in [1.82, 2.24) is 15.1 Å². The van der Waals surface area contributed by atoms with Crippen molar-refractivity contribution in [2.45, 2.75) is 38.0 Å². The van der Waals surface area contributed by atoms with Gasteiger partial charge in [-0.1, -0.05) is 17.6 Å². The number of ketones is 1. The molecule has 1 fully saturated rings. The first-order valence-electron chi connectivity index (χ1n) is 6.57. The van der Waals surface area contributed by atoms with E-state index in [9.17, 15) is 4.79 Å². The molecule has 2 aromatic heterocycles. The minimum Gasteiger partial charge on any atom is -0.339 e. The molecule has 5 nitrogen and oxygen atoms in total. The summed E-state index contributed by atoms with van der Waals surface area (Å²) in [5.41, 5.74) is 1.03. The molecule has 0 aromatic carbocycles. The van der Waals surface area contributed by atoms with Crippen molar-refractivity contribution in [1.29, 1.82) is 0 Å². The molecule has 2 aromatic rings. The molecule has 19 heavy (non-hydrogen) atoms. The number of Topliss-reactive ketones (excluding diaryl/α,β-unsaturated/α-hetero) is 1. The van der Waals surface area contributed by atoms with Gasteiger partial charge < -0.3 is 4.52 Å². The van der Waals surface area contributed by atoms with Crippen LogP contribution in [0.15, 0.2) is 29.0 Å². The Balaban J connectivity index is 1.74. The maximum absolute atomic E-state index is 11.8. The quantitative estimate of drug-likeness (QED) is 0.843. The van der Waals surface area contributed by atoms with Crippen LogP contribution in [0.5, 0.6) is 0 Å². The largest absolute Gasteiger partial charge is 0.339 e. The standard InChI is InChI=1S/C14H15N3O2/c18-12-6-2-1-5-11(12)14-16-13(17-19-14)8-10-4-3-7-15-9-10/h3-4,7,9,11H,1-2,5-6,8H2. The van der Waals surface area contributed by atoms with E-state index in [1.807, 2.05) is 12.1 Å². The van der Waals surface area contributed by atoms with E-state index >= 15 is 0 Å². The van der Waals surface area contributed by atoms with Crippen molar-refractivity contribution in [2.75, 3.05) is 0 Å². The average Bonchev–Trinajstić information content (AvgIpc) is 2.89. The fourth-order valence-electron chi connectivity index (χ4n) is 2.41. The molecule has 0 radical (unpaired) electrons. The van der Waals surface area contributed by atoms with Crippen molar-refractivity contribution < 1.29 is 9.32 Å². The van der Waals surface area contributed by atoms with E-state index in [4.69, 9.17) is 4.52 Å². The molecule has 98 valence electrons. The Morgan fingerprint density at radius 2 is 2.32 bits per heavy atom. The highest BCUT2D eigenvalue weighted by Gasteiger charge is 2.28. The van der Waals surface area contributed by atoms with Gasteiger partial charge in [0.15, 0.2) is 5.82 Å². The monoisotopic (exact) mass is 257 g/mol. The maximum Gasteiger partial charge on any atom is 0.237 e. The van der Waals surface area contributed by atoms with Gasteiger partial charge in [-0.05, 0) is 24.5 Å². The van der Waals surface area contributed by atoms with Crippen LogP contribution in [0.3, 0.4) is 0 Å². The Bertz CT molecular complexity index is 565. The molecule has 1 saturated carbocycles. The van der Waals surface area contributed by atoms with E-state index in [1.165, 1.54) is 0 Å². The lowest BCUT2D eigenvalue weighted by Gasteiger charge is -2.16. The number of carbonyl (C=O) groups excluding carboxylic acids is 1. The highest BCUT2D eigenvalue weighted by atomic mass is 16.5. The molecule has 0 N–H and O–H groups in total. The molecule has 2 heterocycles. The van der Waals surface area contributed by atoms with E-state index in [2.05, 4.69) is 15.1 Å². The summed E-state index contributed by atoms with van der Waals surface area (Å²) in [7, 11) is 0. The molecule has 0 amide bonds. The fraction of sp³-hybridized carbons (Fsp3) is 0.429. The van der Waals surface area contributed by atoms with E-state index in [0.717, 1.165) is 24.8 Å². The smallest absolute Gasteiger partial charge is 0.237 e.